The van der Waals surface area contributed by atoms with Crippen molar-refractivity contribution in [2.24, 2.45) is 7.05 Å². The van der Waals surface area contributed by atoms with Gasteiger partial charge in [-0.15, -0.1) is 22.7 Å². The number of rotatable bonds is 5. The lowest BCUT2D eigenvalue weighted by molar-refractivity contribution is 0.112. The summed E-state index contributed by atoms with van der Waals surface area (Å²) in [6.45, 7) is 4.35. The van der Waals surface area contributed by atoms with Gasteiger partial charge < -0.3 is 9.47 Å². The number of thiazole rings is 1. The van der Waals surface area contributed by atoms with Gasteiger partial charge in [-0.1, -0.05) is 20.3 Å². The molecule has 164 valence electrons. The maximum absolute atomic E-state index is 12.8. The van der Waals surface area contributed by atoms with Crippen LogP contribution in [0.3, 0.4) is 0 Å². The molecule has 0 radical (unpaired) electrons. The molecule has 1 aliphatic heterocycles. The Morgan fingerprint density at radius 1 is 1.22 bits per heavy atom. The fourth-order valence-electron chi connectivity index (χ4n) is 4.83. The zero-order valence-corrected chi connectivity index (χ0v) is 20.0. The van der Waals surface area contributed by atoms with Crippen molar-refractivity contribution < 1.29 is 4.79 Å². The Kier molecular flexibility index (Phi) is 5.94. The van der Waals surface area contributed by atoms with Crippen LogP contribution in [-0.2, 0) is 12.5 Å². The summed E-state index contributed by atoms with van der Waals surface area (Å²) in [6, 6.07) is 6.07. The fraction of sp³-hybridized carbons (Fsp3) is 0.417. The molecule has 2 aromatic heterocycles. The van der Waals surface area contributed by atoms with E-state index < -0.39 is 0 Å². The molecule has 0 atom stereocenters. The molecule has 0 N–H and O–H groups in total. The highest BCUT2D eigenvalue weighted by atomic mass is 32.1. The first-order valence-corrected chi connectivity index (χ1v) is 12.4. The summed E-state index contributed by atoms with van der Waals surface area (Å²) in [4.78, 5) is 28.7. The quantitative estimate of drug-likeness (QED) is 0.633. The average Bonchev–Trinajstić information content (AvgIpc) is 3.39. The topological polar surface area (TPSA) is 89.9 Å². The Balaban J connectivity index is 1.94. The highest BCUT2D eigenvalue weighted by molar-refractivity contribution is 7.14. The van der Waals surface area contributed by atoms with Crippen LogP contribution in [0.25, 0.3) is 11.6 Å². The molecule has 0 amide bonds. The molecule has 0 saturated heterocycles. The third-order valence-corrected chi connectivity index (χ3v) is 9.12. The van der Waals surface area contributed by atoms with Crippen LogP contribution in [0.4, 0.5) is 5.69 Å². The number of fused-ring (bicyclic) bond motifs is 2. The van der Waals surface area contributed by atoms with Crippen LogP contribution in [0.15, 0.2) is 22.6 Å². The summed E-state index contributed by atoms with van der Waals surface area (Å²) in [5.74, 6) is 0. The standard InChI is InChI=1S/C24H24N4O2S2/c1-4-16(5-2)28-18-11-17(14-29)31-21(18)24(9-6-10-24)20(28)8-7-19-22(30)27(3)23(32-19)15(12-25)13-26/h7-8,11,14,16H,4-6,9-10H2,1-3H3/b19-7+,20-8-. The van der Waals surface area contributed by atoms with Crippen molar-refractivity contribution in [2.75, 3.05) is 4.90 Å². The first kappa shape index (κ1) is 22.3. The maximum atomic E-state index is 12.8. The van der Waals surface area contributed by atoms with E-state index in [1.807, 2.05) is 24.3 Å². The van der Waals surface area contributed by atoms with Crippen LogP contribution in [-0.4, -0.2) is 16.9 Å². The zero-order chi connectivity index (χ0) is 23.0. The molecule has 1 fully saturated rings. The van der Waals surface area contributed by atoms with Crippen LogP contribution in [0.2, 0.25) is 0 Å². The molecule has 1 aliphatic carbocycles. The predicted molar refractivity (Wildman–Crippen MR) is 128 cm³/mol. The molecule has 1 saturated carbocycles. The Labute approximate surface area is 194 Å². The lowest BCUT2D eigenvalue weighted by Crippen LogP contribution is -2.41. The van der Waals surface area contributed by atoms with Gasteiger partial charge >= 0.3 is 0 Å². The van der Waals surface area contributed by atoms with Crippen LogP contribution in [0.5, 0.6) is 0 Å². The van der Waals surface area contributed by atoms with E-state index in [1.54, 1.807) is 18.4 Å². The highest BCUT2D eigenvalue weighted by Gasteiger charge is 2.53. The average molecular weight is 465 g/mol. The van der Waals surface area contributed by atoms with E-state index in [4.69, 9.17) is 0 Å². The van der Waals surface area contributed by atoms with Crippen molar-refractivity contribution >= 4 is 46.3 Å². The predicted octanol–water partition coefficient (Wildman–Crippen LogP) is 3.31. The lowest BCUT2D eigenvalue weighted by Gasteiger charge is -2.42. The SMILES string of the molecule is CCC(CC)N1/C(=C\C=c2\sc(=C(C#N)C#N)n(C)c2=O)C2(CCC2)c2sc(C=O)cc21. The molecule has 8 heteroatoms. The van der Waals surface area contributed by atoms with Gasteiger partial charge in [0.15, 0.2) is 11.9 Å². The van der Waals surface area contributed by atoms with Crippen LogP contribution >= 0.6 is 22.7 Å². The third-order valence-electron chi connectivity index (χ3n) is 6.66. The number of carbonyl (C=O) groups is 1. The number of hydrogen-bond acceptors (Lipinski definition) is 7. The second-order valence-electron chi connectivity index (χ2n) is 8.21. The van der Waals surface area contributed by atoms with Crippen molar-refractivity contribution in [1.82, 2.24) is 4.57 Å². The van der Waals surface area contributed by atoms with Crippen molar-refractivity contribution in [1.29, 1.82) is 10.5 Å². The minimum Gasteiger partial charge on any atom is -0.340 e. The Hall–Kier alpha value is -2.94. The second-order valence-corrected chi connectivity index (χ2v) is 10.3. The van der Waals surface area contributed by atoms with E-state index in [1.165, 1.54) is 26.5 Å². The van der Waals surface area contributed by atoms with Gasteiger partial charge in [0.1, 0.15) is 16.8 Å². The molecule has 32 heavy (non-hydrogen) atoms. The first-order valence-electron chi connectivity index (χ1n) is 10.8. The van der Waals surface area contributed by atoms with Crippen molar-refractivity contribution in [2.45, 2.75) is 57.4 Å². The lowest BCUT2D eigenvalue weighted by atomic mass is 9.66. The van der Waals surface area contributed by atoms with Gasteiger partial charge in [0.25, 0.3) is 5.56 Å². The Bertz CT molecular complexity index is 1350. The largest absolute Gasteiger partial charge is 0.340 e. The number of aromatic nitrogens is 1. The molecular formula is C24H24N4O2S2. The molecule has 6 nitrogen and oxygen atoms in total. The molecule has 2 aromatic rings. The van der Waals surface area contributed by atoms with E-state index in [-0.39, 0.29) is 16.5 Å². The maximum Gasteiger partial charge on any atom is 0.268 e. The van der Waals surface area contributed by atoms with Gasteiger partial charge in [0, 0.05) is 29.1 Å². The van der Waals surface area contributed by atoms with Crippen molar-refractivity contribution in [3.63, 3.8) is 0 Å². The minimum atomic E-state index is -0.211. The molecule has 0 aromatic carbocycles. The van der Waals surface area contributed by atoms with E-state index in [9.17, 15) is 20.1 Å². The number of carbonyl (C=O) groups excluding carboxylic acids is 1. The van der Waals surface area contributed by atoms with E-state index in [2.05, 4.69) is 24.8 Å². The summed E-state index contributed by atoms with van der Waals surface area (Å²) in [6.07, 6.45) is 9.98. The van der Waals surface area contributed by atoms with Crippen LogP contribution in [0, 0.1) is 22.7 Å². The smallest absolute Gasteiger partial charge is 0.268 e. The molecule has 0 bridgehead atoms. The molecule has 3 heterocycles. The summed E-state index contributed by atoms with van der Waals surface area (Å²) in [5.41, 5.74) is 1.97. The van der Waals surface area contributed by atoms with Gasteiger partial charge in [-0.05, 0) is 43.9 Å². The summed E-state index contributed by atoms with van der Waals surface area (Å²) >= 11 is 2.76. The van der Waals surface area contributed by atoms with Gasteiger partial charge in [0.05, 0.1) is 15.1 Å². The van der Waals surface area contributed by atoms with Gasteiger partial charge in [0.2, 0.25) is 0 Å². The zero-order valence-electron chi connectivity index (χ0n) is 18.3. The van der Waals surface area contributed by atoms with Gasteiger partial charge in [-0.3, -0.25) is 9.59 Å². The minimum absolute atomic E-state index is 0.0551. The number of thiophene rings is 1. The van der Waals surface area contributed by atoms with E-state index >= 15 is 0 Å². The van der Waals surface area contributed by atoms with Gasteiger partial charge in [-0.25, -0.2) is 0 Å². The number of hydrogen-bond donors (Lipinski definition) is 0. The number of nitriles is 2. The van der Waals surface area contributed by atoms with Crippen molar-refractivity contribution in [3.8, 4) is 12.1 Å². The second kappa shape index (κ2) is 8.54. The number of allylic oxidation sites excluding steroid dienone is 2. The molecular weight excluding hydrogens is 440 g/mol. The summed E-state index contributed by atoms with van der Waals surface area (Å²) in [7, 11) is 1.59. The van der Waals surface area contributed by atoms with Crippen LogP contribution in [0.1, 0.15) is 60.5 Å². The molecule has 0 unspecified atom stereocenters. The summed E-state index contributed by atoms with van der Waals surface area (Å²) < 4.78 is 2.25. The number of anilines is 1. The number of nitrogens with zero attached hydrogens (tertiary/aromatic N) is 4. The molecule has 4 rings (SSSR count). The number of aldehydes is 1. The van der Waals surface area contributed by atoms with E-state index in [0.29, 0.717) is 15.2 Å². The van der Waals surface area contributed by atoms with Crippen molar-refractivity contribution in [3.05, 3.63) is 47.1 Å². The first-order chi connectivity index (χ1) is 15.4. The van der Waals surface area contributed by atoms with E-state index in [0.717, 1.165) is 49.0 Å². The normalized spacial score (nSPS) is 18.0. The third kappa shape index (κ3) is 3.18. The Morgan fingerprint density at radius 3 is 2.44 bits per heavy atom. The molecule has 2 aliphatic rings. The Morgan fingerprint density at radius 2 is 1.91 bits per heavy atom. The van der Waals surface area contributed by atoms with Crippen LogP contribution < -0.4 is 19.7 Å². The summed E-state index contributed by atoms with van der Waals surface area (Å²) in [5, 5.41) is 18.4. The highest BCUT2D eigenvalue weighted by Crippen LogP contribution is 2.61. The fourth-order valence-corrected chi connectivity index (χ4v) is 7.03. The molecule has 1 spiro atoms. The van der Waals surface area contributed by atoms with Gasteiger partial charge in [-0.2, -0.15) is 10.5 Å². The monoisotopic (exact) mass is 464 g/mol.